The van der Waals surface area contributed by atoms with Crippen LogP contribution in [0.2, 0.25) is 0 Å². The van der Waals surface area contributed by atoms with Crippen molar-refractivity contribution >= 4 is 60.7 Å². The Labute approximate surface area is 331 Å². The van der Waals surface area contributed by atoms with Gasteiger partial charge in [0.05, 0.1) is 22.1 Å². The lowest BCUT2D eigenvalue weighted by atomic mass is 9.99. The van der Waals surface area contributed by atoms with Gasteiger partial charge in [-0.1, -0.05) is 146 Å². The summed E-state index contributed by atoms with van der Waals surface area (Å²) in [6.45, 7) is 0. The van der Waals surface area contributed by atoms with Gasteiger partial charge in [-0.05, 0) is 101 Å². The van der Waals surface area contributed by atoms with Crippen LogP contribution in [0.1, 0.15) is 0 Å². The van der Waals surface area contributed by atoms with E-state index in [2.05, 4.69) is 238 Å². The number of aromatic nitrogens is 2. The highest BCUT2D eigenvalue weighted by Crippen LogP contribution is 2.44. The maximum absolute atomic E-state index is 2.43. The van der Waals surface area contributed by atoms with Crippen LogP contribution in [0.3, 0.4) is 0 Å². The zero-order chi connectivity index (χ0) is 37.7. The fourth-order valence-corrected chi connectivity index (χ4v) is 8.77. The van der Waals surface area contributed by atoms with Gasteiger partial charge in [-0.3, -0.25) is 0 Å². The van der Waals surface area contributed by atoms with Gasteiger partial charge in [-0.2, -0.15) is 0 Å². The average Bonchev–Trinajstić information content (AvgIpc) is 3.80. The minimum atomic E-state index is 1.09. The van der Waals surface area contributed by atoms with Gasteiger partial charge >= 0.3 is 0 Å². The van der Waals surface area contributed by atoms with Gasteiger partial charge in [-0.25, -0.2) is 0 Å². The second-order valence-electron chi connectivity index (χ2n) is 14.6. The maximum Gasteiger partial charge on any atom is 0.0561 e. The summed E-state index contributed by atoms with van der Waals surface area (Å²) in [7, 11) is 0. The SMILES string of the molecule is c1ccc(-c2cccc(N(c3ccc4c(c3)c3c(-c5ccccc5)cccc3n4-c3ccccc3)c3ccc4c5ccccc5n(-c5ccccc5)c4c3)c2)cc1. The second kappa shape index (κ2) is 13.6. The summed E-state index contributed by atoms with van der Waals surface area (Å²) >= 11 is 0. The molecule has 0 atom stereocenters. The van der Waals surface area contributed by atoms with Crippen LogP contribution in [-0.2, 0) is 0 Å². The van der Waals surface area contributed by atoms with E-state index in [9.17, 15) is 0 Å². The molecule has 0 saturated heterocycles. The van der Waals surface area contributed by atoms with Crippen molar-refractivity contribution in [3.63, 3.8) is 0 Å². The van der Waals surface area contributed by atoms with Crippen molar-refractivity contribution in [1.82, 2.24) is 9.13 Å². The summed E-state index contributed by atoms with van der Waals surface area (Å²) in [6.07, 6.45) is 0. The lowest BCUT2D eigenvalue weighted by Crippen LogP contribution is -2.10. The van der Waals surface area contributed by atoms with Crippen molar-refractivity contribution in [1.29, 1.82) is 0 Å². The summed E-state index contributed by atoms with van der Waals surface area (Å²) in [5.74, 6) is 0. The summed E-state index contributed by atoms with van der Waals surface area (Å²) in [4.78, 5) is 2.43. The predicted molar refractivity (Wildman–Crippen MR) is 241 cm³/mol. The summed E-state index contributed by atoms with van der Waals surface area (Å²) in [5.41, 5.74) is 15.0. The average molecular weight is 728 g/mol. The first-order valence-electron chi connectivity index (χ1n) is 19.5. The molecule has 0 aliphatic rings. The third kappa shape index (κ3) is 5.51. The molecule has 0 radical (unpaired) electrons. The van der Waals surface area contributed by atoms with E-state index in [-0.39, 0.29) is 0 Å². The van der Waals surface area contributed by atoms with Crippen molar-refractivity contribution in [2.45, 2.75) is 0 Å². The van der Waals surface area contributed by atoms with Gasteiger partial charge in [0, 0.05) is 50.0 Å². The number of anilines is 3. The molecule has 0 amide bonds. The molecular weight excluding hydrogens is 691 g/mol. The first-order valence-corrected chi connectivity index (χ1v) is 19.5. The first kappa shape index (κ1) is 32.8. The van der Waals surface area contributed by atoms with Crippen molar-refractivity contribution in [2.24, 2.45) is 0 Å². The highest BCUT2D eigenvalue weighted by atomic mass is 15.1. The van der Waals surface area contributed by atoms with Gasteiger partial charge in [-0.15, -0.1) is 0 Å². The molecule has 9 aromatic carbocycles. The van der Waals surface area contributed by atoms with E-state index in [1.165, 1.54) is 60.3 Å². The molecule has 0 aliphatic heterocycles. The van der Waals surface area contributed by atoms with E-state index >= 15 is 0 Å². The first-order chi connectivity index (χ1) is 28.3. The third-order valence-electron chi connectivity index (χ3n) is 11.3. The van der Waals surface area contributed by atoms with Crippen LogP contribution < -0.4 is 4.90 Å². The molecule has 0 bridgehead atoms. The van der Waals surface area contributed by atoms with Crippen LogP contribution in [0.25, 0.3) is 77.2 Å². The molecule has 0 unspecified atom stereocenters. The molecule has 0 N–H and O–H groups in total. The molecule has 57 heavy (non-hydrogen) atoms. The minimum absolute atomic E-state index is 1.09. The Bertz CT molecular complexity index is 3220. The van der Waals surface area contributed by atoms with Crippen molar-refractivity contribution < 1.29 is 0 Å². The molecule has 0 aliphatic carbocycles. The Hall–Kier alpha value is -7.62. The molecule has 2 heterocycles. The zero-order valence-electron chi connectivity index (χ0n) is 31.2. The van der Waals surface area contributed by atoms with Crippen molar-refractivity contribution in [3.8, 4) is 33.6 Å². The van der Waals surface area contributed by atoms with E-state index < -0.39 is 0 Å². The van der Waals surface area contributed by atoms with Crippen LogP contribution in [-0.4, -0.2) is 9.13 Å². The van der Waals surface area contributed by atoms with Crippen LogP contribution in [0.15, 0.2) is 224 Å². The van der Waals surface area contributed by atoms with E-state index in [1.807, 2.05) is 0 Å². The van der Waals surface area contributed by atoms with Crippen molar-refractivity contribution in [3.05, 3.63) is 224 Å². The molecule has 0 spiro atoms. The molecule has 11 aromatic rings. The Morgan fingerprint density at radius 1 is 0.281 bits per heavy atom. The number of nitrogens with zero attached hydrogens (tertiary/aromatic N) is 3. The predicted octanol–water partition coefficient (Wildman–Crippen LogP) is 14.7. The van der Waals surface area contributed by atoms with Gasteiger partial charge in [0.25, 0.3) is 0 Å². The van der Waals surface area contributed by atoms with Gasteiger partial charge in [0.2, 0.25) is 0 Å². The molecule has 3 nitrogen and oxygen atoms in total. The van der Waals surface area contributed by atoms with Gasteiger partial charge in [0.15, 0.2) is 0 Å². The van der Waals surface area contributed by atoms with E-state index in [1.54, 1.807) is 0 Å². The van der Waals surface area contributed by atoms with Crippen LogP contribution in [0.4, 0.5) is 17.1 Å². The van der Waals surface area contributed by atoms with E-state index in [4.69, 9.17) is 0 Å². The fraction of sp³-hybridized carbons (Fsp3) is 0. The largest absolute Gasteiger partial charge is 0.310 e. The molecule has 0 fully saturated rings. The molecule has 268 valence electrons. The zero-order valence-corrected chi connectivity index (χ0v) is 31.2. The number of hydrogen-bond donors (Lipinski definition) is 0. The number of rotatable bonds is 7. The number of para-hydroxylation sites is 3. The number of hydrogen-bond acceptors (Lipinski definition) is 1. The quantitative estimate of drug-likeness (QED) is 0.159. The molecular formula is C54H37N3. The smallest absolute Gasteiger partial charge is 0.0561 e. The van der Waals surface area contributed by atoms with E-state index in [0.717, 1.165) is 34.0 Å². The van der Waals surface area contributed by atoms with Crippen molar-refractivity contribution in [2.75, 3.05) is 4.90 Å². The third-order valence-corrected chi connectivity index (χ3v) is 11.3. The Kier molecular flexibility index (Phi) is 7.82. The lowest BCUT2D eigenvalue weighted by molar-refractivity contribution is 1.17. The topological polar surface area (TPSA) is 13.1 Å². The Balaban J connectivity index is 1.20. The lowest BCUT2D eigenvalue weighted by Gasteiger charge is -2.26. The second-order valence-corrected chi connectivity index (χ2v) is 14.6. The molecule has 3 heteroatoms. The van der Waals surface area contributed by atoms with Crippen LogP contribution >= 0.6 is 0 Å². The van der Waals surface area contributed by atoms with Crippen LogP contribution in [0, 0.1) is 0 Å². The maximum atomic E-state index is 2.43. The van der Waals surface area contributed by atoms with Gasteiger partial charge < -0.3 is 14.0 Å². The van der Waals surface area contributed by atoms with Crippen LogP contribution in [0.5, 0.6) is 0 Å². The molecule has 2 aromatic heterocycles. The molecule has 0 saturated carbocycles. The summed E-state index contributed by atoms with van der Waals surface area (Å²) in [6, 6.07) is 81.2. The highest BCUT2D eigenvalue weighted by molar-refractivity contribution is 6.17. The Morgan fingerprint density at radius 3 is 1.53 bits per heavy atom. The summed E-state index contributed by atoms with van der Waals surface area (Å²) in [5, 5.41) is 4.91. The normalized spacial score (nSPS) is 11.5. The Morgan fingerprint density at radius 2 is 0.789 bits per heavy atom. The monoisotopic (exact) mass is 727 g/mol. The minimum Gasteiger partial charge on any atom is -0.310 e. The number of benzene rings is 9. The standard InChI is InChI=1S/C54H37N3/c1-5-17-38(18-6-1)40-21-15-26-43(35-40)55(45-31-33-48-47-27-13-14-29-50(47)57(53(48)37-45)42-24-11-4-12-25-42)44-32-34-51-49(36-44)54-46(39-19-7-2-8-20-39)28-16-30-52(54)56(51)41-22-9-3-10-23-41/h1-37H. The molecule has 11 rings (SSSR count). The van der Waals surface area contributed by atoms with E-state index in [0.29, 0.717) is 0 Å². The highest BCUT2D eigenvalue weighted by Gasteiger charge is 2.21. The van der Waals surface area contributed by atoms with Gasteiger partial charge in [0.1, 0.15) is 0 Å². The number of fused-ring (bicyclic) bond motifs is 6. The fourth-order valence-electron chi connectivity index (χ4n) is 8.77. The summed E-state index contributed by atoms with van der Waals surface area (Å²) < 4.78 is 4.81.